The zero-order valence-electron chi connectivity index (χ0n) is 11.6. The van der Waals surface area contributed by atoms with Crippen molar-refractivity contribution in [2.24, 2.45) is 0 Å². The van der Waals surface area contributed by atoms with E-state index in [1.54, 1.807) is 12.1 Å². The molecule has 0 radical (unpaired) electrons. The molecule has 3 rings (SSSR count). The summed E-state index contributed by atoms with van der Waals surface area (Å²) < 4.78 is 0. The van der Waals surface area contributed by atoms with Gasteiger partial charge < -0.3 is 5.11 Å². The first-order valence-electron chi connectivity index (χ1n) is 7.07. The minimum atomic E-state index is -1.60. The van der Waals surface area contributed by atoms with Crippen LogP contribution in [-0.2, 0) is 10.4 Å². The molecule has 4 nitrogen and oxygen atoms in total. The van der Waals surface area contributed by atoms with Crippen molar-refractivity contribution < 1.29 is 9.90 Å². The van der Waals surface area contributed by atoms with Crippen molar-refractivity contribution in [3.63, 3.8) is 0 Å². The second-order valence-corrected chi connectivity index (χ2v) is 7.05. The highest BCUT2D eigenvalue weighted by atomic mass is 32.1. The molecule has 0 unspecified atom stereocenters. The molecule has 0 aliphatic carbocycles. The Bertz CT molecular complexity index is 541. The number of piperidine rings is 1. The zero-order chi connectivity index (χ0) is 14.7. The monoisotopic (exact) mass is 322 g/mol. The molecule has 0 spiro atoms. The van der Waals surface area contributed by atoms with Crippen LogP contribution in [0.5, 0.6) is 0 Å². The molecule has 0 aromatic carbocycles. The topological polar surface area (TPSA) is 52.6 Å². The van der Waals surface area contributed by atoms with E-state index in [2.05, 4.69) is 5.43 Å². The average Bonchev–Trinajstić information content (AvgIpc) is 3.21. The highest BCUT2D eigenvalue weighted by molar-refractivity contribution is 7.12. The Morgan fingerprint density at radius 2 is 1.67 bits per heavy atom. The average molecular weight is 322 g/mol. The first-order chi connectivity index (χ1) is 10.2. The highest BCUT2D eigenvalue weighted by Gasteiger charge is 2.42. The fourth-order valence-electron chi connectivity index (χ4n) is 2.54. The van der Waals surface area contributed by atoms with Gasteiger partial charge in [0.15, 0.2) is 0 Å². The molecular formula is C15H18N2O2S2. The molecule has 1 amide bonds. The molecule has 2 N–H and O–H groups in total. The number of nitrogens with one attached hydrogen (secondary N) is 1. The quantitative estimate of drug-likeness (QED) is 0.909. The maximum absolute atomic E-state index is 12.7. The van der Waals surface area contributed by atoms with Gasteiger partial charge in [0, 0.05) is 13.1 Å². The molecule has 1 saturated heterocycles. The van der Waals surface area contributed by atoms with Crippen molar-refractivity contribution >= 4 is 28.6 Å². The molecule has 1 fully saturated rings. The van der Waals surface area contributed by atoms with Gasteiger partial charge in [-0.2, -0.15) is 0 Å². The van der Waals surface area contributed by atoms with Gasteiger partial charge in [0.2, 0.25) is 5.60 Å². The summed E-state index contributed by atoms with van der Waals surface area (Å²) in [5, 5.41) is 16.8. The number of aliphatic hydroxyl groups is 1. The Hall–Kier alpha value is -1.21. The summed E-state index contributed by atoms with van der Waals surface area (Å²) in [5.41, 5.74) is 1.30. The first-order valence-corrected chi connectivity index (χ1v) is 8.83. The second-order valence-electron chi connectivity index (χ2n) is 5.15. The predicted molar refractivity (Wildman–Crippen MR) is 85.2 cm³/mol. The lowest BCUT2D eigenvalue weighted by Gasteiger charge is -2.31. The number of carbonyl (C=O) groups excluding carboxylic acids is 1. The molecule has 1 aliphatic rings. The Labute approximate surface area is 132 Å². The molecule has 21 heavy (non-hydrogen) atoms. The first kappa shape index (κ1) is 14.7. The third-order valence-corrected chi connectivity index (χ3v) is 5.66. The molecule has 0 bridgehead atoms. The van der Waals surface area contributed by atoms with Crippen LogP contribution in [0.1, 0.15) is 29.0 Å². The maximum atomic E-state index is 12.7. The molecule has 1 aliphatic heterocycles. The Morgan fingerprint density at radius 1 is 1.10 bits per heavy atom. The third kappa shape index (κ3) is 2.89. The van der Waals surface area contributed by atoms with E-state index in [1.165, 1.54) is 29.1 Å². The number of nitrogens with zero attached hydrogens (tertiary/aromatic N) is 1. The molecule has 3 heterocycles. The summed E-state index contributed by atoms with van der Waals surface area (Å²) in [6, 6.07) is 7.32. The summed E-state index contributed by atoms with van der Waals surface area (Å²) in [6.07, 6.45) is 3.36. The number of hydrogen-bond donors (Lipinski definition) is 2. The van der Waals surface area contributed by atoms with Crippen LogP contribution in [0.25, 0.3) is 0 Å². The van der Waals surface area contributed by atoms with E-state index in [4.69, 9.17) is 0 Å². The summed E-state index contributed by atoms with van der Waals surface area (Å²) in [4.78, 5) is 14.0. The number of hydrogen-bond acceptors (Lipinski definition) is 5. The lowest BCUT2D eigenvalue weighted by molar-refractivity contribution is -0.141. The summed E-state index contributed by atoms with van der Waals surface area (Å²) in [5.74, 6) is -0.366. The van der Waals surface area contributed by atoms with Crippen molar-refractivity contribution in [3.05, 3.63) is 44.8 Å². The van der Waals surface area contributed by atoms with Gasteiger partial charge in [-0.15, -0.1) is 22.7 Å². The van der Waals surface area contributed by atoms with Crippen LogP contribution in [-0.4, -0.2) is 29.1 Å². The van der Waals surface area contributed by atoms with Crippen LogP contribution in [0.2, 0.25) is 0 Å². The Balaban J connectivity index is 1.87. The lowest BCUT2D eigenvalue weighted by Crippen LogP contribution is -2.53. The van der Waals surface area contributed by atoms with Gasteiger partial charge in [-0.25, -0.2) is 5.01 Å². The van der Waals surface area contributed by atoms with Crippen molar-refractivity contribution in [1.82, 2.24) is 10.4 Å². The van der Waals surface area contributed by atoms with Crippen LogP contribution in [0.4, 0.5) is 0 Å². The van der Waals surface area contributed by atoms with E-state index >= 15 is 0 Å². The molecule has 6 heteroatoms. The Morgan fingerprint density at radius 3 is 2.14 bits per heavy atom. The maximum Gasteiger partial charge on any atom is 0.277 e. The lowest BCUT2D eigenvalue weighted by atomic mass is 9.99. The van der Waals surface area contributed by atoms with Gasteiger partial charge in [0.05, 0.1) is 9.75 Å². The van der Waals surface area contributed by atoms with Gasteiger partial charge in [-0.3, -0.25) is 10.2 Å². The fraction of sp³-hybridized carbons (Fsp3) is 0.400. The van der Waals surface area contributed by atoms with Crippen molar-refractivity contribution in [2.45, 2.75) is 24.9 Å². The largest absolute Gasteiger partial charge is 0.370 e. The van der Waals surface area contributed by atoms with E-state index in [0.29, 0.717) is 9.75 Å². The van der Waals surface area contributed by atoms with E-state index in [-0.39, 0.29) is 5.91 Å². The number of thiophene rings is 2. The standard InChI is InChI=1S/C15H18N2O2S2/c18-14(16-17-8-2-1-3-9-17)15(19,12-6-4-10-20-12)13-7-5-11-21-13/h4-7,10-11,19H,1-3,8-9H2,(H,16,18). The SMILES string of the molecule is O=C(NN1CCCCC1)C(O)(c1cccs1)c1cccs1. The van der Waals surface area contributed by atoms with Crippen LogP contribution in [0.3, 0.4) is 0 Å². The van der Waals surface area contributed by atoms with E-state index in [9.17, 15) is 9.90 Å². The zero-order valence-corrected chi connectivity index (χ0v) is 13.3. The second kappa shape index (κ2) is 6.27. The minimum absolute atomic E-state index is 0.366. The van der Waals surface area contributed by atoms with Crippen molar-refractivity contribution in [2.75, 3.05) is 13.1 Å². The molecule has 112 valence electrons. The normalized spacial score (nSPS) is 16.8. The number of rotatable bonds is 4. The summed E-state index contributed by atoms with van der Waals surface area (Å²) >= 11 is 2.79. The van der Waals surface area contributed by atoms with Crippen molar-refractivity contribution in [1.29, 1.82) is 0 Å². The molecular weight excluding hydrogens is 304 g/mol. The third-order valence-electron chi connectivity index (χ3n) is 3.70. The van der Waals surface area contributed by atoms with Gasteiger partial charge in [0.1, 0.15) is 0 Å². The van der Waals surface area contributed by atoms with Gasteiger partial charge >= 0.3 is 0 Å². The number of hydrazine groups is 1. The summed E-state index contributed by atoms with van der Waals surface area (Å²) in [7, 11) is 0. The van der Waals surface area contributed by atoms with E-state index in [1.807, 2.05) is 27.9 Å². The molecule has 0 saturated carbocycles. The van der Waals surface area contributed by atoms with Crippen LogP contribution in [0, 0.1) is 0 Å². The van der Waals surface area contributed by atoms with Crippen LogP contribution in [0.15, 0.2) is 35.0 Å². The molecule has 0 atom stereocenters. The molecule has 2 aromatic heterocycles. The van der Waals surface area contributed by atoms with Crippen LogP contribution >= 0.6 is 22.7 Å². The fourth-order valence-corrected chi connectivity index (χ4v) is 4.28. The highest BCUT2D eigenvalue weighted by Crippen LogP contribution is 2.35. The summed E-state index contributed by atoms with van der Waals surface area (Å²) in [6.45, 7) is 1.69. The van der Waals surface area contributed by atoms with Gasteiger partial charge in [0.25, 0.3) is 5.91 Å². The number of carbonyl (C=O) groups is 1. The van der Waals surface area contributed by atoms with Gasteiger partial charge in [-0.05, 0) is 35.7 Å². The van der Waals surface area contributed by atoms with Crippen molar-refractivity contribution in [3.8, 4) is 0 Å². The van der Waals surface area contributed by atoms with E-state index < -0.39 is 5.60 Å². The minimum Gasteiger partial charge on any atom is -0.370 e. The number of amides is 1. The van der Waals surface area contributed by atoms with Crippen LogP contribution < -0.4 is 5.43 Å². The Kier molecular flexibility index (Phi) is 4.40. The van der Waals surface area contributed by atoms with E-state index in [0.717, 1.165) is 25.9 Å². The predicted octanol–water partition coefficient (Wildman–Crippen LogP) is 2.56. The smallest absolute Gasteiger partial charge is 0.277 e. The molecule has 2 aromatic rings. The van der Waals surface area contributed by atoms with Gasteiger partial charge in [-0.1, -0.05) is 18.6 Å².